The first-order valence-corrected chi connectivity index (χ1v) is 5.29. The van der Waals surface area contributed by atoms with E-state index in [-0.39, 0.29) is 0 Å². The van der Waals surface area contributed by atoms with Crippen LogP contribution in [0.4, 0.5) is 0 Å². The maximum Gasteiger partial charge on any atom is 0.179 e. The van der Waals surface area contributed by atoms with Crippen LogP contribution in [0, 0.1) is 11.5 Å². The fourth-order valence-electron chi connectivity index (χ4n) is 1.85. The SMILES string of the molecule is N#CN1CCN(Cc2ccccc2)CC1. The van der Waals surface area contributed by atoms with Crippen molar-refractivity contribution in [3.05, 3.63) is 35.9 Å². The van der Waals surface area contributed by atoms with Crippen LogP contribution in [0.15, 0.2) is 30.3 Å². The molecule has 15 heavy (non-hydrogen) atoms. The highest BCUT2D eigenvalue weighted by Crippen LogP contribution is 2.07. The molecule has 2 rings (SSSR count). The molecule has 0 amide bonds. The molecule has 1 aromatic rings. The molecule has 1 aromatic carbocycles. The predicted octanol–water partition coefficient (Wildman–Crippen LogP) is 1.29. The van der Waals surface area contributed by atoms with E-state index >= 15 is 0 Å². The topological polar surface area (TPSA) is 30.3 Å². The van der Waals surface area contributed by atoms with Gasteiger partial charge >= 0.3 is 0 Å². The van der Waals surface area contributed by atoms with Crippen molar-refractivity contribution in [3.8, 4) is 6.19 Å². The van der Waals surface area contributed by atoms with Crippen LogP contribution >= 0.6 is 0 Å². The third kappa shape index (κ3) is 2.71. The van der Waals surface area contributed by atoms with Gasteiger partial charge in [-0.05, 0) is 5.56 Å². The average Bonchev–Trinajstić information content (AvgIpc) is 2.31. The molecular formula is C12H15N3. The van der Waals surface area contributed by atoms with Crippen molar-refractivity contribution in [2.45, 2.75) is 6.54 Å². The second kappa shape index (κ2) is 4.81. The summed E-state index contributed by atoms with van der Waals surface area (Å²) in [6.07, 6.45) is 2.19. The molecule has 0 bridgehead atoms. The van der Waals surface area contributed by atoms with E-state index in [2.05, 4.69) is 35.4 Å². The van der Waals surface area contributed by atoms with Crippen LogP contribution in [0.3, 0.4) is 0 Å². The first-order chi connectivity index (χ1) is 7.38. The Bertz CT molecular complexity index is 334. The molecule has 1 heterocycles. The maximum absolute atomic E-state index is 8.72. The molecule has 78 valence electrons. The number of hydrogen-bond donors (Lipinski definition) is 0. The minimum Gasteiger partial charge on any atom is -0.308 e. The van der Waals surface area contributed by atoms with Crippen LogP contribution in [0.1, 0.15) is 5.56 Å². The molecule has 0 atom stereocenters. The number of benzene rings is 1. The van der Waals surface area contributed by atoms with Crippen LogP contribution in [0.5, 0.6) is 0 Å². The van der Waals surface area contributed by atoms with E-state index in [0.29, 0.717) is 0 Å². The molecule has 3 heteroatoms. The minimum absolute atomic E-state index is 0.864. The average molecular weight is 201 g/mol. The number of rotatable bonds is 2. The Morgan fingerprint density at radius 1 is 1.07 bits per heavy atom. The molecule has 0 aromatic heterocycles. The van der Waals surface area contributed by atoms with Crippen LogP contribution in [0.2, 0.25) is 0 Å². The lowest BCUT2D eigenvalue weighted by Crippen LogP contribution is -2.43. The number of nitriles is 1. The summed E-state index contributed by atoms with van der Waals surface area (Å²) < 4.78 is 0. The van der Waals surface area contributed by atoms with Gasteiger partial charge in [-0.3, -0.25) is 4.90 Å². The van der Waals surface area contributed by atoms with Crippen LogP contribution in [-0.2, 0) is 6.54 Å². The van der Waals surface area contributed by atoms with Gasteiger partial charge in [0.1, 0.15) is 0 Å². The third-order valence-electron chi connectivity index (χ3n) is 2.76. The fraction of sp³-hybridized carbons (Fsp3) is 0.417. The van der Waals surface area contributed by atoms with Gasteiger partial charge in [0.05, 0.1) is 0 Å². The Labute approximate surface area is 90.5 Å². The largest absolute Gasteiger partial charge is 0.308 e. The van der Waals surface area contributed by atoms with Crippen molar-refractivity contribution in [1.29, 1.82) is 5.26 Å². The van der Waals surface area contributed by atoms with E-state index in [9.17, 15) is 0 Å². The molecule has 0 spiro atoms. The van der Waals surface area contributed by atoms with Gasteiger partial charge in [0.25, 0.3) is 0 Å². The highest BCUT2D eigenvalue weighted by molar-refractivity contribution is 5.14. The summed E-state index contributed by atoms with van der Waals surface area (Å²) in [4.78, 5) is 4.21. The van der Waals surface area contributed by atoms with Crippen molar-refractivity contribution in [1.82, 2.24) is 9.80 Å². The fourth-order valence-corrected chi connectivity index (χ4v) is 1.85. The summed E-state index contributed by atoms with van der Waals surface area (Å²) >= 11 is 0. The lowest BCUT2D eigenvalue weighted by molar-refractivity contribution is 0.167. The molecule has 1 fully saturated rings. The summed E-state index contributed by atoms with van der Waals surface area (Å²) in [6, 6.07) is 10.5. The van der Waals surface area contributed by atoms with E-state index in [1.807, 2.05) is 11.0 Å². The highest BCUT2D eigenvalue weighted by atomic mass is 15.2. The monoisotopic (exact) mass is 201 g/mol. The highest BCUT2D eigenvalue weighted by Gasteiger charge is 2.15. The quantitative estimate of drug-likeness (QED) is 0.675. The molecule has 1 aliphatic heterocycles. The summed E-state index contributed by atoms with van der Waals surface area (Å²) in [7, 11) is 0. The molecule has 0 radical (unpaired) electrons. The molecule has 0 N–H and O–H groups in total. The lowest BCUT2D eigenvalue weighted by Gasteiger charge is -2.31. The van der Waals surface area contributed by atoms with Gasteiger partial charge in [0, 0.05) is 32.7 Å². The number of hydrogen-bond acceptors (Lipinski definition) is 3. The molecular weight excluding hydrogens is 186 g/mol. The van der Waals surface area contributed by atoms with Crippen LogP contribution < -0.4 is 0 Å². The molecule has 0 aliphatic carbocycles. The van der Waals surface area contributed by atoms with Crippen molar-refractivity contribution >= 4 is 0 Å². The molecule has 1 aliphatic rings. The van der Waals surface area contributed by atoms with Crippen LogP contribution in [-0.4, -0.2) is 36.0 Å². The van der Waals surface area contributed by atoms with Gasteiger partial charge in [-0.1, -0.05) is 30.3 Å². The zero-order valence-corrected chi connectivity index (χ0v) is 8.76. The van der Waals surface area contributed by atoms with Crippen molar-refractivity contribution in [3.63, 3.8) is 0 Å². The molecule has 0 saturated carbocycles. The van der Waals surface area contributed by atoms with Crippen molar-refractivity contribution < 1.29 is 0 Å². The van der Waals surface area contributed by atoms with E-state index in [1.54, 1.807) is 0 Å². The van der Waals surface area contributed by atoms with Gasteiger partial charge in [-0.2, -0.15) is 5.26 Å². The molecule has 1 saturated heterocycles. The maximum atomic E-state index is 8.72. The van der Waals surface area contributed by atoms with Gasteiger partial charge in [0.15, 0.2) is 6.19 Å². The number of nitrogens with zero attached hydrogens (tertiary/aromatic N) is 3. The Balaban J connectivity index is 1.85. The smallest absolute Gasteiger partial charge is 0.179 e. The van der Waals surface area contributed by atoms with Gasteiger partial charge in [-0.25, -0.2) is 0 Å². The Morgan fingerprint density at radius 3 is 2.33 bits per heavy atom. The molecule has 3 nitrogen and oxygen atoms in total. The summed E-state index contributed by atoms with van der Waals surface area (Å²) in [6.45, 7) is 4.71. The summed E-state index contributed by atoms with van der Waals surface area (Å²) in [5.74, 6) is 0. The normalized spacial score (nSPS) is 17.4. The summed E-state index contributed by atoms with van der Waals surface area (Å²) in [5.41, 5.74) is 1.35. The molecule has 0 unspecified atom stereocenters. The number of piperazine rings is 1. The first kappa shape index (κ1) is 10.0. The van der Waals surface area contributed by atoms with E-state index in [0.717, 1.165) is 32.7 Å². The van der Waals surface area contributed by atoms with E-state index in [4.69, 9.17) is 5.26 Å². The third-order valence-corrected chi connectivity index (χ3v) is 2.76. The lowest BCUT2D eigenvalue weighted by atomic mass is 10.2. The van der Waals surface area contributed by atoms with Gasteiger partial charge in [0.2, 0.25) is 0 Å². The summed E-state index contributed by atoms with van der Waals surface area (Å²) in [5, 5.41) is 8.72. The van der Waals surface area contributed by atoms with E-state index in [1.165, 1.54) is 5.56 Å². The van der Waals surface area contributed by atoms with Gasteiger partial charge < -0.3 is 4.90 Å². The standard InChI is InChI=1S/C12H15N3/c13-11-15-8-6-14(7-9-15)10-12-4-2-1-3-5-12/h1-5H,6-10H2. The first-order valence-electron chi connectivity index (χ1n) is 5.29. The van der Waals surface area contributed by atoms with Crippen molar-refractivity contribution in [2.75, 3.05) is 26.2 Å². The van der Waals surface area contributed by atoms with Gasteiger partial charge in [-0.15, -0.1) is 0 Å². The Kier molecular flexibility index (Phi) is 3.21. The Morgan fingerprint density at radius 2 is 1.73 bits per heavy atom. The predicted molar refractivity (Wildman–Crippen MR) is 58.9 cm³/mol. The zero-order chi connectivity index (χ0) is 10.5. The second-order valence-electron chi connectivity index (χ2n) is 3.85. The zero-order valence-electron chi connectivity index (χ0n) is 8.76. The van der Waals surface area contributed by atoms with Crippen molar-refractivity contribution in [2.24, 2.45) is 0 Å². The Hall–Kier alpha value is -1.53. The van der Waals surface area contributed by atoms with Crippen LogP contribution in [0.25, 0.3) is 0 Å². The second-order valence-corrected chi connectivity index (χ2v) is 3.85. The minimum atomic E-state index is 0.864. The van der Waals surface area contributed by atoms with E-state index < -0.39 is 0 Å².